The highest BCUT2D eigenvalue weighted by Crippen LogP contribution is 2.39. The van der Waals surface area contributed by atoms with Crippen LogP contribution in [-0.2, 0) is 26.0 Å². The minimum absolute atomic E-state index is 0.0223. The molecule has 0 radical (unpaired) electrons. The van der Waals surface area contributed by atoms with Crippen molar-refractivity contribution in [1.82, 2.24) is 4.72 Å². The second kappa shape index (κ2) is 12.3. The number of sulfonamides is 1. The summed E-state index contributed by atoms with van der Waals surface area (Å²) in [5.74, 6) is 0.327. The van der Waals surface area contributed by atoms with Crippen molar-refractivity contribution >= 4 is 50.5 Å². The summed E-state index contributed by atoms with van der Waals surface area (Å²) in [6.07, 6.45) is 1.56. The topological polar surface area (TPSA) is 132 Å². The number of rotatable bonds is 9. The van der Waals surface area contributed by atoms with Gasteiger partial charge in [0.1, 0.15) is 0 Å². The number of hydrogen-bond donors (Lipinski definition) is 2. The van der Waals surface area contributed by atoms with Crippen LogP contribution in [0.1, 0.15) is 16.7 Å². The lowest BCUT2D eigenvalue weighted by atomic mass is 10.1. The summed E-state index contributed by atoms with van der Waals surface area (Å²) in [6.45, 7) is 1.84. The Kier molecular flexibility index (Phi) is 8.80. The summed E-state index contributed by atoms with van der Waals surface area (Å²) in [6, 6.07) is 16.5. The van der Waals surface area contributed by atoms with Crippen molar-refractivity contribution in [3.8, 4) is 17.2 Å². The normalized spacial score (nSPS) is 14.1. The van der Waals surface area contributed by atoms with Crippen LogP contribution in [0.3, 0.4) is 0 Å². The zero-order chi connectivity index (χ0) is 28.9. The zero-order valence-corrected chi connectivity index (χ0v) is 23.8. The van der Waals surface area contributed by atoms with Crippen LogP contribution in [0.15, 0.2) is 75.5 Å². The summed E-state index contributed by atoms with van der Waals surface area (Å²) >= 11 is 1.17. The van der Waals surface area contributed by atoms with E-state index in [9.17, 15) is 18.0 Å². The van der Waals surface area contributed by atoms with Crippen LogP contribution in [0.4, 0.5) is 5.69 Å². The molecule has 10 nitrogen and oxygen atoms in total. The molecule has 3 aromatic carbocycles. The monoisotopic (exact) mass is 581 g/mol. The Morgan fingerprint density at radius 1 is 0.950 bits per heavy atom. The van der Waals surface area contributed by atoms with Gasteiger partial charge in [0.25, 0.3) is 15.9 Å². The maximum atomic E-state index is 12.5. The van der Waals surface area contributed by atoms with E-state index in [1.165, 1.54) is 45.2 Å². The van der Waals surface area contributed by atoms with E-state index in [2.05, 4.69) is 15.0 Å². The third-order valence-corrected chi connectivity index (χ3v) is 8.04. The lowest BCUT2D eigenvalue weighted by molar-refractivity contribution is -0.118. The SMILES string of the molecule is COc1cc(C=C2SC(Nc3ccc(CC(=O)NS(=O)(=O)c4ccc(C)cc4)cc3)=NC2=O)cc(OC)c1OC. The molecule has 1 aliphatic rings. The van der Waals surface area contributed by atoms with Crippen molar-refractivity contribution in [1.29, 1.82) is 0 Å². The first-order chi connectivity index (χ1) is 19.1. The highest BCUT2D eigenvalue weighted by atomic mass is 32.2. The Labute approximate surface area is 236 Å². The number of carbonyl (C=O) groups is 2. The number of aliphatic imine (C=N–C) groups is 1. The first-order valence-electron chi connectivity index (χ1n) is 11.9. The molecule has 12 heteroatoms. The average molecular weight is 582 g/mol. The lowest BCUT2D eigenvalue weighted by Crippen LogP contribution is -2.31. The van der Waals surface area contributed by atoms with E-state index >= 15 is 0 Å². The molecule has 0 aliphatic carbocycles. The number of amides is 2. The van der Waals surface area contributed by atoms with E-state index in [1.807, 2.05) is 6.92 Å². The minimum Gasteiger partial charge on any atom is -0.493 e. The molecule has 0 spiro atoms. The van der Waals surface area contributed by atoms with Crippen LogP contribution >= 0.6 is 11.8 Å². The smallest absolute Gasteiger partial charge is 0.286 e. The largest absolute Gasteiger partial charge is 0.493 e. The first kappa shape index (κ1) is 28.7. The van der Waals surface area contributed by atoms with E-state index in [0.717, 1.165) is 5.56 Å². The standard InChI is InChI=1S/C28H27N3O7S2/c1-17-5-11-21(12-6-17)40(34,35)31-25(32)16-18-7-9-20(10-8-18)29-28-30-27(33)24(39-28)15-19-13-22(36-2)26(38-4)23(14-19)37-3/h5-15H,16H2,1-4H3,(H,31,32)(H,29,30,33). The number of aryl methyl sites for hydroxylation is 1. The molecular formula is C28H27N3O7S2. The summed E-state index contributed by atoms with van der Waals surface area (Å²) < 4.78 is 43.1. The zero-order valence-electron chi connectivity index (χ0n) is 22.2. The number of carbonyl (C=O) groups excluding carboxylic acids is 2. The van der Waals surface area contributed by atoms with Gasteiger partial charge in [-0.15, -0.1) is 0 Å². The van der Waals surface area contributed by atoms with E-state index in [0.29, 0.717) is 44.1 Å². The second-order valence-corrected chi connectivity index (χ2v) is 11.3. The van der Waals surface area contributed by atoms with E-state index < -0.39 is 21.8 Å². The maximum absolute atomic E-state index is 12.5. The number of hydrogen-bond acceptors (Lipinski definition) is 9. The Morgan fingerprint density at radius 2 is 1.57 bits per heavy atom. The number of benzene rings is 3. The number of anilines is 1. The third kappa shape index (κ3) is 6.82. The lowest BCUT2D eigenvalue weighted by Gasteiger charge is -2.13. The maximum Gasteiger partial charge on any atom is 0.286 e. The predicted octanol–water partition coefficient (Wildman–Crippen LogP) is 4.15. The van der Waals surface area contributed by atoms with Crippen LogP contribution in [0.2, 0.25) is 0 Å². The van der Waals surface area contributed by atoms with Crippen LogP contribution in [-0.4, -0.2) is 46.7 Å². The number of nitrogens with one attached hydrogen (secondary N) is 2. The average Bonchev–Trinajstić information content (AvgIpc) is 3.26. The van der Waals surface area contributed by atoms with Gasteiger partial charge >= 0.3 is 0 Å². The van der Waals surface area contributed by atoms with Gasteiger partial charge < -0.3 is 19.5 Å². The van der Waals surface area contributed by atoms with Gasteiger partial charge in [0, 0.05) is 5.69 Å². The molecule has 1 heterocycles. The fourth-order valence-electron chi connectivity index (χ4n) is 3.78. The molecule has 0 atom stereocenters. The number of amidine groups is 1. The fourth-order valence-corrected chi connectivity index (χ4v) is 5.59. The van der Waals surface area contributed by atoms with Crippen molar-refractivity contribution in [3.63, 3.8) is 0 Å². The van der Waals surface area contributed by atoms with Gasteiger partial charge in [-0.25, -0.2) is 13.1 Å². The van der Waals surface area contributed by atoms with Gasteiger partial charge in [-0.1, -0.05) is 29.8 Å². The molecule has 0 saturated heterocycles. The second-order valence-electron chi connectivity index (χ2n) is 8.63. The molecule has 0 fully saturated rings. The molecule has 2 amide bonds. The number of nitrogens with zero attached hydrogens (tertiary/aromatic N) is 1. The summed E-state index contributed by atoms with van der Waals surface area (Å²) in [5.41, 5.74) is 2.84. The molecule has 0 unspecified atom stereocenters. The van der Waals surface area contributed by atoms with Gasteiger partial charge in [-0.2, -0.15) is 4.99 Å². The van der Waals surface area contributed by atoms with Crippen molar-refractivity contribution in [2.24, 2.45) is 4.99 Å². The Morgan fingerprint density at radius 3 is 2.15 bits per heavy atom. The fraction of sp³-hybridized carbons (Fsp3) is 0.179. The van der Waals surface area contributed by atoms with Crippen LogP contribution in [0.25, 0.3) is 6.08 Å². The molecule has 0 saturated carbocycles. The van der Waals surface area contributed by atoms with Crippen LogP contribution in [0, 0.1) is 6.92 Å². The summed E-state index contributed by atoms with van der Waals surface area (Å²) in [7, 11) is 0.588. The predicted molar refractivity (Wildman–Crippen MR) is 154 cm³/mol. The molecule has 40 heavy (non-hydrogen) atoms. The highest BCUT2D eigenvalue weighted by molar-refractivity contribution is 8.18. The van der Waals surface area contributed by atoms with E-state index in [4.69, 9.17) is 14.2 Å². The summed E-state index contributed by atoms with van der Waals surface area (Å²) in [4.78, 5) is 29.4. The highest BCUT2D eigenvalue weighted by Gasteiger charge is 2.23. The molecule has 4 rings (SSSR count). The van der Waals surface area contributed by atoms with Crippen LogP contribution in [0.5, 0.6) is 17.2 Å². The van der Waals surface area contributed by atoms with Crippen LogP contribution < -0.4 is 24.2 Å². The summed E-state index contributed by atoms with van der Waals surface area (Å²) in [5, 5.41) is 3.47. The van der Waals surface area contributed by atoms with Crippen molar-refractivity contribution in [3.05, 3.63) is 82.3 Å². The van der Waals surface area contributed by atoms with Crippen molar-refractivity contribution < 1.29 is 32.2 Å². The number of ether oxygens (including phenoxy) is 3. The molecule has 3 aromatic rings. The van der Waals surface area contributed by atoms with Gasteiger partial charge in [0.05, 0.1) is 37.6 Å². The molecule has 2 N–H and O–H groups in total. The van der Waals surface area contributed by atoms with Crippen molar-refractivity contribution in [2.45, 2.75) is 18.2 Å². The molecule has 1 aliphatic heterocycles. The van der Waals surface area contributed by atoms with Crippen molar-refractivity contribution in [2.75, 3.05) is 26.6 Å². The quantitative estimate of drug-likeness (QED) is 0.358. The van der Waals surface area contributed by atoms with Gasteiger partial charge in [0.2, 0.25) is 11.7 Å². The van der Waals surface area contributed by atoms with Gasteiger partial charge in [0.15, 0.2) is 16.7 Å². The first-order valence-corrected chi connectivity index (χ1v) is 14.2. The Bertz CT molecular complexity index is 1570. The van der Waals surface area contributed by atoms with Gasteiger partial charge in [-0.05, 0) is 72.3 Å². The number of methoxy groups -OCH3 is 3. The van der Waals surface area contributed by atoms with E-state index in [-0.39, 0.29) is 11.3 Å². The van der Waals surface area contributed by atoms with Gasteiger partial charge in [-0.3, -0.25) is 9.59 Å². The Hall–Kier alpha value is -4.29. The minimum atomic E-state index is -3.95. The Balaban J connectivity index is 1.38. The molecular weight excluding hydrogens is 554 g/mol. The molecule has 0 bridgehead atoms. The third-order valence-electron chi connectivity index (χ3n) is 5.75. The molecule has 0 aromatic heterocycles. The number of thioether (sulfide) groups is 1. The molecule has 208 valence electrons. The van der Waals surface area contributed by atoms with E-state index in [1.54, 1.807) is 54.6 Å².